The molecule has 226 valence electrons. The Balaban J connectivity index is 1.33. The highest BCUT2D eigenvalue weighted by Crippen LogP contribution is 2.42. The summed E-state index contributed by atoms with van der Waals surface area (Å²) in [5.74, 6) is 2.59. The van der Waals surface area contributed by atoms with Gasteiger partial charge in [0.1, 0.15) is 16.4 Å². The van der Waals surface area contributed by atoms with Crippen LogP contribution in [0, 0.1) is 6.92 Å². The van der Waals surface area contributed by atoms with Crippen molar-refractivity contribution in [2.45, 2.75) is 6.92 Å². The van der Waals surface area contributed by atoms with Crippen LogP contribution in [0.2, 0.25) is 0 Å². The van der Waals surface area contributed by atoms with Crippen LogP contribution in [0.25, 0.3) is 28.2 Å². The van der Waals surface area contributed by atoms with E-state index in [-0.39, 0.29) is 17.6 Å². The average molecular weight is 615 g/mol. The lowest BCUT2D eigenvalue weighted by Gasteiger charge is -2.14. The molecule has 0 radical (unpaired) electrons. The molecule has 0 aliphatic rings. The number of hydrogen-bond acceptors (Lipinski definition) is 12. The predicted molar refractivity (Wildman–Crippen MR) is 170 cm³/mol. The van der Waals surface area contributed by atoms with Gasteiger partial charge in [0.2, 0.25) is 17.5 Å². The standard InChI is InChI=1S/C31H30N6O6S/c1-17-10-12-19(33-25(38)13-11-18-8-6-7-9-22(18)39-2)14-21(17)29-36-30(43-37-29)27-28(32)35-31(44-27)34-20-15-23(40-3)26(42-5)24(16-20)41-4/h6-16H,32H2,1-5H3,(H,33,38)(H,34,35)/b13-11+. The van der Waals surface area contributed by atoms with Crippen molar-refractivity contribution < 1.29 is 28.3 Å². The second-order valence-corrected chi connectivity index (χ2v) is 10.3. The van der Waals surface area contributed by atoms with E-state index in [4.69, 9.17) is 29.2 Å². The number of nitrogens with zero attached hydrogens (tertiary/aromatic N) is 3. The molecule has 4 N–H and O–H groups in total. The lowest BCUT2D eigenvalue weighted by molar-refractivity contribution is -0.111. The van der Waals surface area contributed by atoms with Gasteiger partial charge in [0.25, 0.3) is 5.89 Å². The molecule has 12 nitrogen and oxygen atoms in total. The number of thiazole rings is 1. The van der Waals surface area contributed by atoms with Crippen molar-refractivity contribution in [3.05, 3.63) is 71.8 Å². The third-order valence-electron chi connectivity index (χ3n) is 6.49. The van der Waals surface area contributed by atoms with Crippen LogP contribution in [0.15, 0.2) is 65.2 Å². The summed E-state index contributed by atoms with van der Waals surface area (Å²) in [5, 5.41) is 10.7. The normalized spacial score (nSPS) is 10.9. The van der Waals surface area contributed by atoms with E-state index in [1.807, 2.05) is 37.3 Å². The fourth-order valence-corrected chi connectivity index (χ4v) is 5.16. The molecule has 0 aliphatic carbocycles. The molecule has 0 bridgehead atoms. The van der Waals surface area contributed by atoms with E-state index >= 15 is 0 Å². The minimum Gasteiger partial charge on any atom is -0.496 e. The monoisotopic (exact) mass is 614 g/mol. The highest BCUT2D eigenvalue weighted by molar-refractivity contribution is 7.19. The summed E-state index contributed by atoms with van der Waals surface area (Å²) >= 11 is 1.24. The fraction of sp³-hybridized carbons (Fsp3) is 0.161. The summed E-state index contributed by atoms with van der Waals surface area (Å²) in [5.41, 5.74) is 9.82. The van der Waals surface area contributed by atoms with E-state index in [9.17, 15) is 4.79 Å². The largest absolute Gasteiger partial charge is 0.496 e. The van der Waals surface area contributed by atoms with Crippen LogP contribution in [-0.2, 0) is 4.79 Å². The molecule has 0 atom stereocenters. The molecule has 44 heavy (non-hydrogen) atoms. The van der Waals surface area contributed by atoms with Crippen molar-refractivity contribution in [3.63, 3.8) is 0 Å². The molecule has 0 saturated heterocycles. The first kappa shape index (κ1) is 29.9. The highest BCUT2D eigenvalue weighted by atomic mass is 32.1. The van der Waals surface area contributed by atoms with Crippen molar-refractivity contribution in [3.8, 4) is 45.2 Å². The van der Waals surface area contributed by atoms with Gasteiger partial charge in [0.05, 0.1) is 28.4 Å². The molecular weight excluding hydrogens is 584 g/mol. The first-order chi connectivity index (χ1) is 21.3. The molecule has 3 aromatic carbocycles. The molecule has 2 aromatic heterocycles. The number of amides is 1. The van der Waals surface area contributed by atoms with E-state index < -0.39 is 0 Å². The summed E-state index contributed by atoms with van der Waals surface area (Å²) in [6.45, 7) is 1.92. The molecule has 5 aromatic rings. The van der Waals surface area contributed by atoms with Gasteiger partial charge in [0.15, 0.2) is 16.6 Å². The van der Waals surface area contributed by atoms with E-state index in [1.165, 1.54) is 24.5 Å². The van der Waals surface area contributed by atoms with E-state index in [0.29, 0.717) is 55.8 Å². The van der Waals surface area contributed by atoms with E-state index in [2.05, 4.69) is 25.8 Å². The van der Waals surface area contributed by atoms with Gasteiger partial charge in [-0.15, -0.1) is 0 Å². The number of anilines is 4. The molecular formula is C31H30N6O6S. The summed E-state index contributed by atoms with van der Waals surface area (Å²) in [7, 11) is 6.20. The first-order valence-electron chi connectivity index (χ1n) is 13.2. The fourth-order valence-electron chi connectivity index (χ4n) is 4.33. The van der Waals surface area contributed by atoms with Gasteiger partial charge in [-0.1, -0.05) is 40.8 Å². The molecule has 0 unspecified atom stereocenters. The predicted octanol–water partition coefficient (Wildman–Crippen LogP) is 6.18. The minimum absolute atomic E-state index is 0.210. The third-order valence-corrected chi connectivity index (χ3v) is 7.46. The van der Waals surface area contributed by atoms with E-state index in [1.54, 1.807) is 51.7 Å². The molecule has 0 fully saturated rings. The SMILES string of the molecule is COc1ccccc1/C=C/C(=O)Nc1ccc(C)c(-c2noc(-c3sc(Nc4cc(OC)c(OC)c(OC)c4)nc3N)n2)c1. The lowest BCUT2D eigenvalue weighted by Crippen LogP contribution is -2.08. The van der Waals surface area contributed by atoms with Crippen molar-refractivity contribution in [1.29, 1.82) is 0 Å². The molecule has 1 amide bonds. The van der Waals surface area contributed by atoms with Gasteiger partial charge in [0, 0.05) is 40.7 Å². The number of nitrogens with two attached hydrogens (primary N) is 1. The molecule has 0 saturated carbocycles. The number of nitrogen functional groups attached to an aromatic ring is 1. The number of carbonyl (C=O) groups excluding carboxylic acids is 1. The Bertz CT molecular complexity index is 1810. The first-order valence-corrected chi connectivity index (χ1v) is 14.1. The average Bonchev–Trinajstić information content (AvgIpc) is 3.66. The number of benzene rings is 3. The van der Waals surface area contributed by atoms with Crippen LogP contribution in [0.5, 0.6) is 23.0 Å². The number of para-hydroxylation sites is 1. The number of aryl methyl sites for hydroxylation is 1. The zero-order valence-electron chi connectivity index (χ0n) is 24.6. The van der Waals surface area contributed by atoms with Crippen LogP contribution < -0.4 is 35.3 Å². The Morgan fingerprint density at radius 1 is 0.909 bits per heavy atom. The van der Waals surface area contributed by atoms with Gasteiger partial charge >= 0.3 is 0 Å². The number of hydrogen-bond donors (Lipinski definition) is 3. The van der Waals surface area contributed by atoms with Crippen LogP contribution >= 0.6 is 11.3 Å². The molecule has 13 heteroatoms. The Morgan fingerprint density at radius 3 is 2.34 bits per heavy atom. The number of aromatic nitrogens is 3. The number of rotatable bonds is 11. The second kappa shape index (κ2) is 13.2. The smallest absolute Gasteiger partial charge is 0.272 e. The minimum atomic E-state index is -0.302. The zero-order chi connectivity index (χ0) is 31.2. The quantitative estimate of drug-likeness (QED) is 0.146. The Hall–Kier alpha value is -5.56. The van der Waals surface area contributed by atoms with Crippen molar-refractivity contribution in [2.24, 2.45) is 0 Å². The topological polar surface area (TPSA) is 156 Å². The molecule has 0 spiro atoms. The van der Waals surface area contributed by atoms with Crippen LogP contribution in [0.3, 0.4) is 0 Å². The number of nitrogens with one attached hydrogen (secondary N) is 2. The van der Waals surface area contributed by atoms with E-state index in [0.717, 1.165) is 11.1 Å². The Labute approximate surface area is 257 Å². The van der Waals surface area contributed by atoms with Crippen molar-refractivity contribution in [2.75, 3.05) is 44.8 Å². The summed E-state index contributed by atoms with van der Waals surface area (Å²) in [4.78, 5) is 22.1. The number of ether oxygens (including phenoxy) is 4. The Morgan fingerprint density at radius 2 is 1.64 bits per heavy atom. The van der Waals surface area contributed by atoms with Crippen LogP contribution in [-0.4, -0.2) is 49.5 Å². The summed E-state index contributed by atoms with van der Waals surface area (Å²) in [6.07, 6.45) is 3.14. The highest BCUT2D eigenvalue weighted by Gasteiger charge is 2.20. The number of methoxy groups -OCH3 is 4. The maximum atomic E-state index is 12.6. The van der Waals surface area contributed by atoms with Gasteiger partial charge in [-0.25, -0.2) is 4.98 Å². The summed E-state index contributed by atoms with van der Waals surface area (Å²) < 4.78 is 27.1. The zero-order valence-corrected chi connectivity index (χ0v) is 25.4. The van der Waals surface area contributed by atoms with Gasteiger partial charge in [-0.3, -0.25) is 4.79 Å². The number of carbonyl (C=O) groups is 1. The third kappa shape index (κ3) is 6.42. The maximum Gasteiger partial charge on any atom is 0.272 e. The van der Waals surface area contributed by atoms with Crippen LogP contribution in [0.1, 0.15) is 11.1 Å². The van der Waals surface area contributed by atoms with Crippen molar-refractivity contribution in [1.82, 2.24) is 15.1 Å². The van der Waals surface area contributed by atoms with Gasteiger partial charge < -0.3 is 39.8 Å². The summed E-state index contributed by atoms with van der Waals surface area (Å²) in [6, 6.07) is 16.4. The lowest BCUT2D eigenvalue weighted by atomic mass is 10.1. The van der Waals surface area contributed by atoms with Gasteiger partial charge in [-0.2, -0.15) is 4.98 Å². The molecule has 0 aliphatic heterocycles. The Kier molecular flexibility index (Phi) is 8.95. The molecule has 5 rings (SSSR count). The maximum absolute atomic E-state index is 12.6. The van der Waals surface area contributed by atoms with Crippen molar-refractivity contribution >= 4 is 45.6 Å². The van der Waals surface area contributed by atoms with Gasteiger partial charge in [-0.05, 0) is 36.8 Å². The molecule has 2 heterocycles. The van der Waals surface area contributed by atoms with Crippen LogP contribution in [0.4, 0.5) is 22.3 Å². The second-order valence-electron chi connectivity index (χ2n) is 9.29.